The predicted molar refractivity (Wildman–Crippen MR) is 138 cm³/mol. The fourth-order valence-corrected chi connectivity index (χ4v) is 4.31. The molecule has 1 aliphatic heterocycles. The van der Waals surface area contributed by atoms with Crippen LogP contribution in [0.2, 0.25) is 5.02 Å². The molecule has 5 nitrogen and oxygen atoms in total. The SMILES string of the molecule is O=C(COCCN1CCN(Cc2ccccc2-c2ccc(Cl)cc2)CC1)NCc1ccccc1. The Bertz CT molecular complexity index is 1040. The molecule has 0 radical (unpaired) electrons. The zero-order valence-electron chi connectivity index (χ0n) is 19.5. The van der Waals surface area contributed by atoms with Gasteiger partial charge in [0, 0.05) is 50.8 Å². The Labute approximate surface area is 207 Å². The van der Waals surface area contributed by atoms with Crippen molar-refractivity contribution in [1.29, 1.82) is 0 Å². The second-order valence-corrected chi connectivity index (χ2v) is 9.03. The van der Waals surface area contributed by atoms with Crippen molar-refractivity contribution in [3.8, 4) is 11.1 Å². The van der Waals surface area contributed by atoms with Crippen LogP contribution in [-0.4, -0.2) is 61.6 Å². The summed E-state index contributed by atoms with van der Waals surface area (Å²) in [5, 5.41) is 3.65. The number of benzene rings is 3. The highest BCUT2D eigenvalue weighted by atomic mass is 35.5. The Morgan fingerprint density at radius 2 is 1.53 bits per heavy atom. The molecule has 6 heteroatoms. The largest absolute Gasteiger partial charge is 0.370 e. The van der Waals surface area contributed by atoms with Gasteiger partial charge in [0.25, 0.3) is 0 Å². The zero-order valence-corrected chi connectivity index (χ0v) is 20.2. The van der Waals surface area contributed by atoms with Gasteiger partial charge in [0.2, 0.25) is 5.91 Å². The number of hydrogen-bond donors (Lipinski definition) is 1. The number of hydrogen-bond acceptors (Lipinski definition) is 4. The van der Waals surface area contributed by atoms with Crippen LogP contribution in [0.1, 0.15) is 11.1 Å². The van der Waals surface area contributed by atoms with Crippen molar-refractivity contribution >= 4 is 17.5 Å². The molecule has 1 aliphatic rings. The molecule has 0 bridgehead atoms. The molecule has 3 aromatic carbocycles. The standard InChI is InChI=1S/C28H32ClN3O2/c29-26-12-10-24(11-13-26)27-9-5-4-8-25(27)21-32-16-14-31(15-17-32)18-19-34-22-28(33)30-20-23-6-2-1-3-7-23/h1-13H,14-22H2,(H,30,33). The van der Waals surface area contributed by atoms with Crippen molar-refractivity contribution in [1.82, 2.24) is 15.1 Å². The first-order valence-electron chi connectivity index (χ1n) is 11.8. The summed E-state index contributed by atoms with van der Waals surface area (Å²) in [7, 11) is 0. The van der Waals surface area contributed by atoms with Crippen molar-refractivity contribution in [2.75, 3.05) is 45.9 Å². The molecule has 1 amide bonds. The summed E-state index contributed by atoms with van der Waals surface area (Å²) in [6.07, 6.45) is 0. The molecule has 0 unspecified atom stereocenters. The van der Waals surface area contributed by atoms with Crippen LogP contribution in [0.15, 0.2) is 78.9 Å². The van der Waals surface area contributed by atoms with E-state index in [1.807, 2.05) is 42.5 Å². The van der Waals surface area contributed by atoms with Gasteiger partial charge in [-0.2, -0.15) is 0 Å². The second kappa shape index (κ2) is 12.7. The summed E-state index contributed by atoms with van der Waals surface area (Å²) in [6, 6.07) is 26.6. The molecular weight excluding hydrogens is 446 g/mol. The minimum atomic E-state index is -0.0759. The van der Waals surface area contributed by atoms with E-state index in [4.69, 9.17) is 16.3 Å². The van der Waals surface area contributed by atoms with E-state index in [1.54, 1.807) is 0 Å². The van der Waals surface area contributed by atoms with Gasteiger partial charge in [-0.1, -0.05) is 78.3 Å². The molecule has 0 aromatic heterocycles. The summed E-state index contributed by atoms with van der Waals surface area (Å²) in [5.74, 6) is -0.0759. The highest BCUT2D eigenvalue weighted by Gasteiger charge is 2.18. The summed E-state index contributed by atoms with van der Waals surface area (Å²) < 4.78 is 5.61. The lowest BCUT2D eigenvalue weighted by Gasteiger charge is -2.35. The summed E-state index contributed by atoms with van der Waals surface area (Å²) in [4.78, 5) is 16.9. The fourth-order valence-electron chi connectivity index (χ4n) is 4.19. The van der Waals surface area contributed by atoms with Crippen LogP contribution in [0.25, 0.3) is 11.1 Å². The highest BCUT2D eigenvalue weighted by Crippen LogP contribution is 2.26. The van der Waals surface area contributed by atoms with Crippen LogP contribution in [0.4, 0.5) is 0 Å². The maximum absolute atomic E-state index is 12.0. The first-order chi connectivity index (χ1) is 16.7. The van der Waals surface area contributed by atoms with Crippen LogP contribution in [-0.2, 0) is 22.6 Å². The van der Waals surface area contributed by atoms with Gasteiger partial charge in [0.1, 0.15) is 6.61 Å². The Morgan fingerprint density at radius 3 is 2.29 bits per heavy atom. The van der Waals surface area contributed by atoms with E-state index < -0.39 is 0 Å². The quantitative estimate of drug-likeness (QED) is 0.438. The third-order valence-corrected chi connectivity index (χ3v) is 6.40. The van der Waals surface area contributed by atoms with E-state index in [1.165, 1.54) is 16.7 Å². The van der Waals surface area contributed by atoms with Crippen LogP contribution in [0.5, 0.6) is 0 Å². The van der Waals surface area contributed by atoms with Crippen LogP contribution in [0, 0.1) is 0 Å². The van der Waals surface area contributed by atoms with E-state index in [2.05, 4.69) is 51.5 Å². The van der Waals surface area contributed by atoms with Crippen molar-refractivity contribution in [2.45, 2.75) is 13.1 Å². The normalized spacial score (nSPS) is 14.7. The molecule has 0 saturated carbocycles. The summed E-state index contributed by atoms with van der Waals surface area (Å²) in [5.41, 5.74) is 4.89. The van der Waals surface area contributed by atoms with Crippen LogP contribution in [0.3, 0.4) is 0 Å². The highest BCUT2D eigenvalue weighted by molar-refractivity contribution is 6.30. The maximum Gasteiger partial charge on any atom is 0.246 e. The van der Waals surface area contributed by atoms with Crippen LogP contribution < -0.4 is 5.32 Å². The number of amides is 1. The van der Waals surface area contributed by atoms with Crippen LogP contribution >= 0.6 is 11.6 Å². The second-order valence-electron chi connectivity index (χ2n) is 8.60. The fraction of sp³-hybridized carbons (Fsp3) is 0.321. The lowest BCUT2D eigenvalue weighted by atomic mass is 9.99. The molecule has 0 spiro atoms. The molecule has 1 N–H and O–H groups in total. The molecule has 4 rings (SSSR count). The van der Waals surface area contributed by atoms with Crippen molar-refractivity contribution in [3.05, 3.63) is 95.0 Å². The van der Waals surface area contributed by atoms with Gasteiger partial charge in [-0.3, -0.25) is 14.6 Å². The Kier molecular flexibility index (Phi) is 9.11. The average molecular weight is 478 g/mol. The Balaban J connectivity index is 1.15. The van der Waals surface area contributed by atoms with Gasteiger partial charge in [0.05, 0.1) is 6.61 Å². The third-order valence-electron chi connectivity index (χ3n) is 6.15. The number of nitrogens with one attached hydrogen (secondary N) is 1. The van der Waals surface area contributed by atoms with Gasteiger partial charge >= 0.3 is 0 Å². The van der Waals surface area contributed by atoms with Gasteiger partial charge in [-0.15, -0.1) is 0 Å². The monoisotopic (exact) mass is 477 g/mol. The van der Waals surface area contributed by atoms with Gasteiger partial charge in [0.15, 0.2) is 0 Å². The lowest BCUT2D eigenvalue weighted by molar-refractivity contribution is -0.126. The van der Waals surface area contributed by atoms with Crippen molar-refractivity contribution in [2.24, 2.45) is 0 Å². The summed E-state index contributed by atoms with van der Waals surface area (Å²) >= 11 is 6.06. The van der Waals surface area contributed by atoms with Crippen molar-refractivity contribution < 1.29 is 9.53 Å². The van der Waals surface area contributed by atoms with E-state index in [9.17, 15) is 4.79 Å². The number of rotatable bonds is 10. The van der Waals surface area contributed by atoms with E-state index >= 15 is 0 Å². The van der Waals surface area contributed by atoms with E-state index in [0.29, 0.717) is 13.2 Å². The molecule has 34 heavy (non-hydrogen) atoms. The first kappa shape index (κ1) is 24.4. The van der Waals surface area contributed by atoms with E-state index in [0.717, 1.165) is 49.9 Å². The number of nitrogens with zero attached hydrogens (tertiary/aromatic N) is 2. The minimum absolute atomic E-state index is 0.0759. The zero-order chi connectivity index (χ0) is 23.6. The molecular formula is C28H32ClN3O2. The molecule has 3 aromatic rings. The van der Waals surface area contributed by atoms with Gasteiger partial charge in [-0.05, 0) is 34.4 Å². The summed E-state index contributed by atoms with van der Waals surface area (Å²) in [6.45, 7) is 7.04. The lowest BCUT2D eigenvalue weighted by Crippen LogP contribution is -2.47. The molecule has 178 valence electrons. The molecule has 1 saturated heterocycles. The number of ether oxygens (including phenoxy) is 1. The average Bonchev–Trinajstić information content (AvgIpc) is 2.88. The maximum atomic E-state index is 12.0. The minimum Gasteiger partial charge on any atom is -0.370 e. The first-order valence-corrected chi connectivity index (χ1v) is 12.2. The molecule has 0 aliphatic carbocycles. The van der Waals surface area contributed by atoms with E-state index in [-0.39, 0.29) is 12.5 Å². The predicted octanol–water partition coefficient (Wildman–Crippen LogP) is 4.46. The number of carbonyl (C=O) groups excluding carboxylic acids is 1. The topological polar surface area (TPSA) is 44.8 Å². The third kappa shape index (κ3) is 7.40. The molecule has 1 fully saturated rings. The molecule has 0 atom stereocenters. The number of carbonyl (C=O) groups is 1. The number of halogens is 1. The van der Waals surface area contributed by atoms with Crippen molar-refractivity contribution in [3.63, 3.8) is 0 Å². The van der Waals surface area contributed by atoms with Gasteiger partial charge < -0.3 is 10.1 Å². The Morgan fingerprint density at radius 1 is 0.853 bits per heavy atom. The van der Waals surface area contributed by atoms with Gasteiger partial charge in [-0.25, -0.2) is 0 Å². The Hall–Kier alpha value is -2.70. The molecule has 1 heterocycles. The number of piperazine rings is 1. The smallest absolute Gasteiger partial charge is 0.246 e.